The van der Waals surface area contributed by atoms with Crippen molar-refractivity contribution in [3.8, 4) is 0 Å². The molecule has 1 amide bonds. The van der Waals surface area contributed by atoms with E-state index >= 15 is 0 Å². The number of ether oxygens (including phenoxy) is 6. The van der Waals surface area contributed by atoms with Gasteiger partial charge in [0.1, 0.15) is 24.8 Å². The highest BCUT2D eigenvalue weighted by Crippen LogP contribution is 2.43. The molecule has 0 radical (unpaired) electrons. The van der Waals surface area contributed by atoms with Crippen molar-refractivity contribution in [1.29, 1.82) is 0 Å². The lowest BCUT2D eigenvalue weighted by atomic mass is 9.72. The monoisotopic (exact) mass is 635 g/mol. The number of nitrogens with one attached hydrogen (secondary N) is 1. The Balaban J connectivity index is 1.65. The lowest BCUT2D eigenvalue weighted by Gasteiger charge is -2.54. The molecule has 252 valence electrons. The van der Waals surface area contributed by atoms with Crippen molar-refractivity contribution in [2.45, 2.75) is 108 Å². The molecule has 3 aliphatic rings. The van der Waals surface area contributed by atoms with Crippen molar-refractivity contribution in [3.63, 3.8) is 0 Å². The summed E-state index contributed by atoms with van der Waals surface area (Å²) in [5.74, 6) is -3.35. The topological polar surface area (TPSA) is 159 Å². The highest BCUT2D eigenvalue weighted by Gasteiger charge is 2.57. The first-order chi connectivity index (χ1) is 21.3. The molecule has 3 fully saturated rings. The molecule has 3 rings (SSSR count). The van der Waals surface area contributed by atoms with Crippen molar-refractivity contribution in [2.24, 2.45) is 11.3 Å². The molecule has 3 heterocycles. The molecular formula is C33H49NO11. The minimum atomic E-state index is -1.69. The van der Waals surface area contributed by atoms with E-state index in [9.17, 15) is 19.5 Å². The molecule has 12 heteroatoms. The van der Waals surface area contributed by atoms with Gasteiger partial charge in [0.25, 0.3) is 5.91 Å². The summed E-state index contributed by atoms with van der Waals surface area (Å²) in [4.78, 5) is 36.9. The fraction of sp³-hybridized carbons (Fsp3) is 0.667. The molecular weight excluding hydrogens is 586 g/mol. The minimum absolute atomic E-state index is 0.0171. The van der Waals surface area contributed by atoms with Gasteiger partial charge in [0.15, 0.2) is 12.3 Å². The maximum Gasteiger partial charge on any atom is 0.328 e. The third kappa shape index (κ3) is 8.97. The number of rotatable bonds is 14. The highest BCUT2D eigenvalue weighted by atomic mass is 16.7. The molecule has 0 saturated carbocycles. The number of ketones is 1. The summed E-state index contributed by atoms with van der Waals surface area (Å²) in [5, 5.41) is 22.5. The number of fused-ring (bicyclic) bond motifs is 1. The third-order valence-corrected chi connectivity index (χ3v) is 9.02. The molecule has 3 saturated heterocycles. The van der Waals surface area contributed by atoms with E-state index in [1.807, 2.05) is 33.8 Å². The second-order valence-corrected chi connectivity index (χ2v) is 12.4. The third-order valence-electron chi connectivity index (χ3n) is 9.02. The Morgan fingerprint density at radius 1 is 1.11 bits per heavy atom. The molecule has 0 aromatic carbocycles. The summed E-state index contributed by atoms with van der Waals surface area (Å²) in [7, 11) is 2.94. The summed E-state index contributed by atoms with van der Waals surface area (Å²) in [6.45, 7) is 11.7. The summed E-state index contributed by atoms with van der Waals surface area (Å²) in [6, 6.07) is 0. The van der Waals surface area contributed by atoms with Crippen LogP contribution in [0.1, 0.15) is 59.8 Å². The first-order valence-corrected chi connectivity index (χ1v) is 15.3. The lowest BCUT2D eigenvalue weighted by Crippen LogP contribution is -2.69. The molecule has 0 aromatic heterocycles. The molecule has 3 aliphatic heterocycles. The quantitative estimate of drug-likeness (QED) is 0.111. The van der Waals surface area contributed by atoms with Gasteiger partial charge in [-0.1, -0.05) is 63.3 Å². The number of unbranched alkanes of at least 4 members (excludes halogenated alkanes) is 1. The standard InChI is InChI=1S/C33H49NO11/c1-20-18-33(41-7,45-22(3)21(20)2)28(38)30(39)34-31-27-26(42-19-43-31)29(40-6)32(4,5)24(44-27)17-23(35)15-13-11-9-8-10-12-14-16-25(36)37/h8-10,12,14,16,21-22,24,26-29,31,38H,1,11,13,15,17-19H2,2-7H3,(H,34,39)(H,36,37)/b9-8+,12-10+,16-14+/t21-,22-,24-,26+,27+,28-,29-,31+,33-/m1/s1. The number of aliphatic hydroxyl groups excluding tert-OH is 1. The Morgan fingerprint density at radius 3 is 2.47 bits per heavy atom. The van der Waals surface area contributed by atoms with E-state index in [0.717, 1.165) is 11.6 Å². The predicted octanol–water partition coefficient (Wildman–Crippen LogP) is 3.20. The van der Waals surface area contributed by atoms with Gasteiger partial charge in [-0.05, 0) is 19.8 Å². The van der Waals surface area contributed by atoms with E-state index in [4.69, 9.17) is 33.5 Å². The Bertz CT molecular complexity index is 1150. The van der Waals surface area contributed by atoms with Gasteiger partial charge in [-0.3, -0.25) is 9.59 Å². The number of allylic oxidation sites excluding steroid dienone is 5. The molecule has 0 spiro atoms. The average molecular weight is 636 g/mol. The maximum atomic E-state index is 13.4. The van der Waals surface area contributed by atoms with E-state index in [1.165, 1.54) is 13.2 Å². The first kappa shape index (κ1) is 36.8. The first-order valence-electron chi connectivity index (χ1n) is 15.3. The number of methoxy groups -OCH3 is 2. The highest BCUT2D eigenvalue weighted by molar-refractivity contribution is 5.82. The number of carbonyl (C=O) groups is 3. The number of hydrogen-bond donors (Lipinski definition) is 3. The van der Waals surface area contributed by atoms with Crippen molar-refractivity contribution in [2.75, 3.05) is 21.0 Å². The van der Waals surface area contributed by atoms with Crippen LogP contribution in [0.4, 0.5) is 0 Å². The van der Waals surface area contributed by atoms with Crippen molar-refractivity contribution in [3.05, 3.63) is 48.6 Å². The van der Waals surface area contributed by atoms with Crippen molar-refractivity contribution < 1.29 is 53.0 Å². The van der Waals surface area contributed by atoms with Crippen LogP contribution >= 0.6 is 0 Å². The van der Waals surface area contributed by atoms with Crippen LogP contribution in [0.5, 0.6) is 0 Å². The number of amides is 1. The number of carboxylic acid groups (broad SMARTS) is 1. The Labute approximate surface area is 265 Å². The van der Waals surface area contributed by atoms with Gasteiger partial charge in [-0.2, -0.15) is 0 Å². The number of aliphatic carboxylic acids is 1. The van der Waals surface area contributed by atoms with Gasteiger partial charge in [0.05, 0.1) is 18.3 Å². The van der Waals surface area contributed by atoms with E-state index in [2.05, 4.69) is 11.9 Å². The summed E-state index contributed by atoms with van der Waals surface area (Å²) < 4.78 is 35.6. The molecule has 45 heavy (non-hydrogen) atoms. The molecule has 3 N–H and O–H groups in total. The van der Waals surface area contributed by atoms with Crippen LogP contribution in [0.25, 0.3) is 0 Å². The molecule has 0 unspecified atom stereocenters. The van der Waals surface area contributed by atoms with Crippen LogP contribution < -0.4 is 5.32 Å². The smallest absolute Gasteiger partial charge is 0.328 e. The van der Waals surface area contributed by atoms with Crippen molar-refractivity contribution in [1.82, 2.24) is 5.32 Å². The van der Waals surface area contributed by atoms with Gasteiger partial charge in [-0.25, -0.2) is 4.79 Å². The Morgan fingerprint density at radius 2 is 1.82 bits per heavy atom. The average Bonchev–Trinajstić information content (AvgIpc) is 2.98. The van der Waals surface area contributed by atoms with Crippen LogP contribution in [0.15, 0.2) is 48.6 Å². The van der Waals surface area contributed by atoms with Gasteiger partial charge in [0, 0.05) is 50.9 Å². The fourth-order valence-corrected chi connectivity index (χ4v) is 6.05. The zero-order chi connectivity index (χ0) is 33.4. The van der Waals surface area contributed by atoms with E-state index in [0.29, 0.717) is 19.3 Å². The second-order valence-electron chi connectivity index (χ2n) is 12.4. The minimum Gasteiger partial charge on any atom is -0.478 e. The number of hydrogen-bond acceptors (Lipinski definition) is 10. The van der Waals surface area contributed by atoms with Crippen LogP contribution in [-0.2, 0) is 42.8 Å². The lowest BCUT2D eigenvalue weighted by molar-refractivity contribution is -0.330. The van der Waals surface area contributed by atoms with Crippen LogP contribution in [-0.4, -0.2) is 97.5 Å². The second kappa shape index (κ2) is 16.2. The summed E-state index contributed by atoms with van der Waals surface area (Å²) >= 11 is 0. The van der Waals surface area contributed by atoms with Gasteiger partial charge in [0.2, 0.25) is 5.79 Å². The summed E-state index contributed by atoms with van der Waals surface area (Å²) in [6.07, 6.45) is 5.93. The fourth-order valence-electron chi connectivity index (χ4n) is 6.05. The van der Waals surface area contributed by atoms with Crippen LogP contribution in [0.2, 0.25) is 0 Å². The number of Topliss-reactive ketones (excluding diaryl/α,β-unsaturated/α-hetero) is 1. The Hall–Kier alpha value is -2.71. The van der Waals surface area contributed by atoms with E-state index in [-0.39, 0.29) is 37.4 Å². The van der Waals surface area contributed by atoms with Crippen LogP contribution in [0, 0.1) is 11.3 Å². The zero-order valence-electron chi connectivity index (χ0n) is 27.1. The Kier molecular flexibility index (Phi) is 13.2. The molecule has 12 nitrogen and oxygen atoms in total. The van der Waals surface area contributed by atoms with Gasteiger partial charge < -0.3 is 44.0 Å². The van der Waals surface area contributed by atoms with Gasteiger partial charge in [-0.15, -0.1) is 0 Å². The number of carbonyl (C=O) groups excluding carboxylic acids is 2. The summed E-state index contributed by atoms with van der Waals surface area (Å²) in [5.41, 5.74) is 0.186. The molecule has 9 atom stereocenters. The predicted molar refractivity (Wildman–Crippen MR) is 164 cm³/mol. The molecule has 0 aliphatic carbocycles. The number of aliphatic hydroxyl groups is 1. The molecule has 0 aromatic rings. The van der Waals surface area contributed by atoms with Gasteiger partial charge >= 0.3 is 5.97 Å². The van der Waals surface area contributed by atoms with Crippen molar-refractivity contribution >= 4 is 17.7 Å². The SMILES string of the molecule is C=C1C[C@](OC)([C@H](O)C(=O)N[C@H]2OCO[C@H]3[C@@H]2O[C@H](CC(=O)CCC/C=C/C=C/C=C/C(=O)O)C(C)(C)[C@@H]3OC)O[C@H](C)[C@@H]1C. The zero-order valence-corrected chi connectivity index (χ0v) is 27.1. The normalized spacial score (nSPS) is 34.2. The molecule has 0 bridgehead atoms. The maximum absolute atomic E-state index is 13.4. The largest absolute Gasteiger partial charge is 0.478 e. The van der Waals surface area contributed by atoms with E-state index in [1.54, 1.807) is 25.3 Å². The van der Waals surface area contributed by atoms with Crippen LogP contribution in [0.3, 0.4) is 0 Å². The number of carboxylic acids is 1. The van der Waals surface area contributed by atoms with E-state index < -0.39 is 59.8 Å².